The summed E-state index contributed by atoms with van der Waals surface area (Å²) in [6, 6.07) is 13.8. The fourth-order valence-electron chi connectivity index (χ4n) is 2.24. The van der Waals surface area contributed by atoms with E-state index >= 15 is 0 Å². The monoisotopic (exact) mass is 301 g/mol. The molecule has 106 valence electrons. The molecule has 0 saturated heterocycles. The largest absolute Gasteiger partial charge is 0.319 e. The van der Waals surface area contributed by atoms with E-state index in [1.165, 1.54) is 6.07 Å². The predicted octanol–water partition coefficient (Wildman–Crippen LogP) is 3.71. The van der Waals surface area contributed by atoms with Crippen molar-refractivity contribution in [1.29, 1.82) is 0 Å². The minimum atomic E-state index is -0.415. The van der Waals surface area contributed by atoms with E-state index in [1.54, 1.807) is 29.2 Å². The molecule has 0 bridgehead atoms. The van der Waals surface area contributed by atoms with E-state index in [0.29, 0.717) is 16.4 Å². The molecule has 0 aliphatic rings. The van der Waals surface area contributed by atoms with E-state index in [9.17, 15) is 4.39 Å². The molecule has 0 spiro atoms. The van der Waals surface area contributed by atoms with Gasteiger partial charge in [0.05, 0.1) is 29.9 Å². The number of aromatic nitrogens is 2. The van der Waals surface area contributed by atoms with Gasteiger partial charge in [-0.05, 0) is 23.8 Å². The summed E-state index contributed by atoms with van der Waals surface area (Å²) < 4.78 is 15.7. The molecule has 0 amide bonds. The lowest BCUT2D eigenvalue weighted by Gasteiger charge is -2.15. The average molecular weight is 302 g/mol. The maximum absolute atomic E-state index is 14.1. The number of hydrogen-bond donors (Lipinski definition) is 1. The van der Waals surface area contributed by atoms with Crippen LogP contribution in [-0.4, -0.2) is 9.55 Å². The molecule has 0 radical (unpaired) electrons. The normalized spacial score (nSPS) is 12.3. The van der Waals surface area contributed by atoms with Gasteiger partial charge in [0.25, 0.3) is 0 Å². The summed E-state index contributed by atoms with van der Waals surface area (Å²) in [5.74, 6) is -0.415. The molecule has 0 aliphatic carbocycles. The van der Waals surface area contributed by atoms with Crippen molar-refractivity contribution in [2.45, 2.75) is 6.04 Å². The molecule has 1 aromatic heterocycles. The third-order valence-electron chi connectivity index (χ3n) is 3.31. The van der Waals surface area contributed by atoms with E-state index in [1.807, 2.05) is 30.3 Å². The Bertz CT molecular complexity index is 755. The molecule has 1 atom stereocenters. The Hall–Kier alpha value is -2.17. The van der Waals surface area contributed by atoms with Crippen LogP contribution in [0.5, 0.6) is 0 Å². The maximum Gasteiger partial charge on any atom is 0.148 e. The Morgan fingerprint density at radius 2 is 1.90 bits per heavy atom. The molecule has 5 heteroatoms. The smallest absolute Gasteiger partial charge is 0.148 e. The first kappa shape index (κ1) is 13.8. The van der Waals surface area contributed by atoms with Crippen LogP contribution in [0, 0.1) is 5.82 Å². The Balaban J connectivity index is 2.05. The van der Waals surface area contributed by atoms with Crippen molar-refractivity contribution in [2.75, 3.05) is 0 Å². The van der Waals surface area contributed by atoms with E-state index in [-0.39, 0.29) is 6.04 Å². The number of rotatable bonds is 3. The van der Waals surface area contributed by atoms with E-state index in [4.69, 9.17) is 17.3 Å². The van der Waals surface area contributed by atoms with Crippen LogP contribution in [0.25, 0.3) is 5.69 Å². The second-order valence-corrected chi connectivity index (χ2v) is 5.11. The molecule has 0 fully saturated rings. The highest BCUT2D eigenvalue weighted by Gasteiger charge is 2.16. The fourth-order valence-corrected chi connectivity index (χ4v) is 2.40. The fraction of sp³-hybridized carbons (Fsp3) is 0.0625. The maximum atomic E-state index is 14.1. The number of nitrogens with two attached hydrogens (primary N) is 1. The predicted molar refractivity (Wildman–Crippen MR) is 81.0 cm³/mol. The summed E-state index contributed by atoms with van der Waals surface area (Å²) >= 11 is 5.79. The highest BCUT2D eigenvalue weighted by atomic mass is 35.5. The van der Waals surface area contributed by atoms with Crippen molar-refractivity contribution < 1.29 is 4.39 Å². The lowest BCUT2D eigenvalue weighted by atomic mass is 10.1. The highest BCUT2D eigenvalue weighted by molar-refractivity contribution is 6.30. The van der Waals surface area contributed by atoms with Gasteiger partial charge in [0.1, 0.15) is 5.82 Å². The third-order valence-corrected chi connectivity index (χ3v) is 3.55. The van der Waals surface area contributed by atoms with Crippen molar-refractivity contribution in [3.8, 4) is 5.69 Å². The van der Waals surface area contributed by atoms with Crippen LogP contribution in [0.3, 0.4) is 0 Å². The minimum Gasteiger partial charge on any atom is -0.319 e. The molecule has 2 N–H and O–H groups in total. The lowest BCUT2D eigenvalue weighted by Crippen LogP contribution is -2.16. The highest BCUT2D eigenvalue weighted by Crippen LogP contribution is 2.24. The summed E-state index contributed by atoms with van der Waals surface area (Å²) in [5, 5.41) is 0.352. The lowest BCUT2D eigenvalue weighted by molar-refractivity contribution is 0.614. The molecular weight excluding hydrogens is 289 g/mol. The molecule has 0 saturated carbocycles. The van der Waals surface area contributed by atoms with Gasteiger partial charge in [-0.15, -0.1) is 0 Å². The topological polar surface area (TPSA) is 43.8 Å². The van der Waals surface area contributed by atoms with Gasteiger partial charge in [-0.3, -0.25) is 4.57 Å². The first-order valence-corrected chi connectivity index (χ1v) is 6.83. The summed E-state index contributed by atoms with van der Waals surface area (Å²) in [7, 11) is 0. The number of hydrogen-bond acceptors (Lipinski definition) is 2. The van der Waals surface area contributed by atoms with Crippen LogP contribution >= 0.6 is 11.6 Å². The minimum absolute atomic E-state index is 0.352. The summed E-state index contributed by atoms with van der Waals surface area (Å²) in [4.78, 5) is 4.09. The third kappa shape index (κ3) is 2.68. The van der Waals surface area contributed by atoms with Crippen LogP contribution in [0.2, 0.25) is 5.02 Å². The van der Waals surface area contributed by atoms with Crippen LogP contribution in [0.1, 0.15) is 17.3 Å². The van der Waals surface area contributed by atoms with Gasteiger partial charge < -0.3 is 5.73 Å². The van der Waals surface area contributed by atoms with Crippen LogP contribution in [-0.2, 0) is 0 Å². The van der Waals surface area contributed by atoms with E-state index in [0.717, 1.165) is 5.56 Å². The second kappa shape index (κ2) is 5.68. The number of halogens is 2. The van der Waals surface area contributed by atoms with Gasteiger partial charge in [-0.2, -0.15) is 0 Å². The Kier molecular flexibility index (Phi) is 3.73. The first-order valence-electron chi connectivity index (χ1n) is 6.45. The van der Waals surface area contributed by atoms with Gasteiger partial charge in [0.2, 0.25) is 0 Å². The SMILES string of the molecule is NC(c1ccccc1)c1cncn1-c1ccc(Cl)cc1F. The molecule has 3 nitrogen and oxygen atoms in total. The molecule has 1 heterocycles. The van der Waals surface area contributed by atoms with Crippen LogP contribution in [0.15, 0.2) is 61.1 Å². The molecular formula is C16H13ClFN3. The van der Waals surface area contributed by atoms with Crippen molar-refractivity contribution in [2.24, 2.45) is 5.73 Å². The molecule has 0 aliphatic heterocycles. The van der Waals surface area contributed by atoms with E-state index in [2.05, 4.69) is 4.98 Å². The van der Waals surface area contributed by atoms with Gasteiger partial charge in [0, 0.05) is 5.02 Å². The summed E-state index contributed by atoms with van der Waals surface area (Å²) in [6.45, 7) is 0. The standard InChI is InChI=1S/C16H13ClFN3/c17-12-6-7-14(13(18)8-12)21-10-20-9-15(21)16(19)11-4-2-1-3-5-11/h1-10,16H,19H2. The van der Waals surface area contributed by atoms with Crippen molar-refractivity contribution in [3.05, 3.63) is 83.2 Å². The molecule has 3 aromatic rings. The van der Waals surface area contributed by atoms with Gasteiger partial charge >= 0.3 is 0 Å². The zero-order chi connectivity index (χ0) is 14.8. The van der Waals surface area contributed by atoms with Crippen molar-refractivity contribution in [3.63, 3.8) is 0 Å². The zero-order valence-electron chi connectivity index (χ0n) is 11.1. The van der Waals surface area contributed by atoms with E-state index < -0.39 is 5.82 Å². The molecule has 1 unspecified atom stereocenters. The summed E-state index contributed by atoms with van der Waals surface area (Å²) in [5.41, 5.74) is 8.29. The average Bonchev–Trinajstić information content (AvgIpc) is 2.96. The molecule has 3 rings (SSSR count). The Morgan fingerprint density at radius 3 is 2.62 bits per heavy atom. The van der Waals surface area contributed by atoms with Crippen molar-refractivity contribution in [1.82, 2.24) is 9.55 Å². The quantitative estimate of drug-likeness (QED) is 0.801. The van der Waals surface area contributed by atoms with Gasteiger partial charge in [-0.1, -0.05) is 41.9 Å². The van der Waals surface area contributed by atoms with Crippen molar-refractivity contribution >= 4 is 11.6 Å². The Labute approximate surface area is 126 Å². The van der Waals surface area contributed by atoms with Crippen LogP contribution in [0.4, 0.5) is 4.39 Å². The summed E-state index contributed by atoms with van der Waals surface area (Å²) in [6.07, 6.45) is 3.19. The first-order chi connectivity index (χ1) is 10.2. The van der Waals surface area contributed by atoms with Crippen LogP contribution < -0.4 is 5.73 Å². The Morgan fingerprint density at radius 1 is 1.14 bits per heavy atom. The number of imidazole rings is 1. The second-order valence-electron chi connectivity index (χ2n) is 4.67. The molecule has 2 aromatic carbocycles. The van der Waals surface area contributed by atoms with Gasteiger partial charge in [0.15, 0.2) is 0 Å². The van der Waals surface area contributed by atoms with Gasteiger partial charge in [-0.25, -0.2) is 9.37 Å². The number of nitrogens with zero attached hydrogens (tertiary/aromatic N) is 2. The zero-order valence-corrected chi connectivity index (χ0v) is 11.8. The number of benzene rings is 2. The molecule has 21 heavy (non-hydrogen) atoms.